The number of halogens is 4. The van der Waals surface area contributed by atoms with Crippen molar-refractivity contribution in [2.24, 2.45) is 11.8 Å². The van der Waals surface area contributed by atoms with Crippen molar-refractivity contribution in [3.05, 3.63) is 23.2 Å². The minimum absolute atomic E-state index is 0.292. The number of anilines is 1. The van der Waals surface area contributed by atoms with Crippen molar-refractivity contribution in [2.75, 3.05) is 25.6 Å². The SMILES string of the molecule is COC(=O)[C@@](Nc1nc2ccc(Cl)cc2s1)(C(F)(F)F)P(=O)(OCC(C)C)OCC(C)C. The molecule has 1 heterocycles. The van der Waals surface area contributed by atoms with Crippen LogP contribution in [0.15, 0.2) is 18.2 Å². The number of fused-ring (bicyclic) bond motifs is 1. The Morgan fingerprint density at radius 3 is 2.22 bits per heavy atom. The zero-order valence-corrected chi connectivity index (χ0v) is 20.6. The number of hydrogen-bond acceptors (Lipinski definition) is 8. The first-order valence-electron chi connectivity index (χ1n) is 9.64. The topological polar surface area (TPSA) is 86.8 Å². The molecule has 0 amide bonds. The lowest BCUT2D eigenvalue weighted by atomic mass is 10.2. The number of esters is 1. The molecular formula is C19H25ClF3N2O5PS. The summed E-state index contributed by atoms with van der Waals surface area (Å²) >= 11 is 6.74. The summed E-state index contributed by atoms with van der Waals surface area (Å²) in [5.74, 6) is -2.45. The number of aromatic nitrogens is 1. The van der Waals surface area contributed by atoms with Gasteiger partial charge in [-0.3, -0.25) is 4.57 Å². The highest BCUT2D eigenvalue weighted by atomic mass is 35.5. The molecule has 1 N–H and O–H groups in total. The van der Waals surface area contributed by atoms with Crippen molar-refractivity contribution in [1.82, 2.24) is 4.98 Å². The quantitative estimate of drug-likeness (QED) is 0.291. The van der Waals surface area contributed by atoms with Gasteiger partial charge in [-0.1, -0.05) is 50.6 Å². The van der Waals surface area contributed by atoms with Gasteiger partial charge < -0.3 is 19.1 Å². The van der Waals surface area contributed by atoms with Crippen LogP contribution in [0.4, 0.5) is 18.3 Å². The Morgan fingerprint density at radius 1 is 1.19 bits per heavy atom. The van der Waals surface area contributed by atoms with Crippen LogP contribution in [0.3, 0.4) is 0 Å². The molecule has 7 nitrogen and oxygen atoms in total. The monoisotopic (exact) mass is 516 g/mol. The van der Waals surface area contributed by atoms with Gasteiger partial charge in [0.1, 0.15) is 0 Å². The van der Waals surface area contributed by atoms with E-state index in [4.69, 9.17) is 20.6 Å². The molecule has 0 aliphatic rings. The molecule has 0 aliphatic carbocycles. The van der Waals surface area contributed by atoms with E-state index in [1.54, 1.807) is 27.7 Å². The number of rotatable bonds is 10. The Bertz CT molecular complexity index is 985. The maximum atomic E-state index is 14.6. The second kappa shape index (κ2) is 10.3. The number of ether oxygens (including phenoxy) is 1. The Balaban J connectivity index is 2.70. The first-order chi connectivity index (χ1) is 14.8. The summed E-state index contributed by atoms with van der Waals surface area (Å²) in [6.45, 7) is 5.94. The average molecular weight is 517 g/mol. The van der Waals surface area contributed by atoms with E-state index < -0.39 is 25.0 Å². The Kier molecular flexibility index (Phi) is 8.61. The van der Waals surface area contributed by atoms with Crippen molar-refractivity contribution in [1.29, 1.82) is 0 Å². The van der Waals surface area contributed by atoms with Gasteiger partial charge >= 0.3 is 25.0 Å². The molecule has 180 valence electrons. The summed E-state index contributed by atoms with van der Waals surface area (Å²) < 4.78 is 73.0. The lowest BCUT2D eigenvalue weighted by Crippen LogP contribution is -2.59. The molecule has 0 unspecified atom stereocenters. The molecule has 0 saturated carbocycles. The van der Waals surface area contributed by atoms with Gasteiger partial charge in [0.25, 0.3) is 0 Å². The summed E-state index contributed by atoms with van der Waals surface area (Å²) in [6.07, 6.45) is -5.43. The number of benzene rings is 1. The summed E-state index contributed by atoms with van der Waals surface area (Å²) in [5.41, 5.74) is 0.337. The predicted octanol–water partition coefficient (Wildman–Crippen LogP) is 6.33. The van der Waals surface area contributed by atoms with Gasteiger partial charge in [0.15, 0.2) is 5.13 Å². The van der Waals surface area contributed by atoms with E-state index in [-0.39, 0.29) is 30.2 Å². The summed E-state index contributed by atoms with van der Waals surface area (Å²) in [6, 6.07) is 4.54. The van der Waals surface area contributed by atoms with Crippen LogP contribution in [0.5, 0.6) is 0 Å². The number of methoxy groups -OCH3 is 1. The highest BCUT2D eigenvalue weighted by molar-refractivity contribution is 7.57. The molecule has 1 aromatic carbocycles. The van der Waals surface area contributed by atoms with Crippen molar-refractivity contribution >= 4 is 51.9 Å². The fraction of sp³-hybridized carbons (Fsp3) is 0.579. The molecule has 0 radical (unpaired) electrons. The minimum Gasteiger partial charge on any atom is -0.467 e. The fourth-order valence-electron chi connectivity index (χ4n) is 2.55. The number of nitrogens with zero attached hydrogens (tertiary/aromatic N) is 1. The van der Waals surface area contributed by atoms with Crippen LogP contribution in [0, 0.1) is 11.8 Å². The number of hydrogen-bond donors (Lipinski definition) is 1. The maximum Gasteiger partial charge on any atom is 0.434 e. The van der Waals surface area contributed by atoms with Gasteiger partial charge in [0.2, 0.25) is 0 Å². The number of carbonyl (C=O) groups is 1. The summed E-state index contributed by atoms with van der Waals surface area (Å²) in [7, 11) is -4.49. The van der Waals surface area contributed by atoms with E-state index in [1.165, 1.54) is 18.2 Å². The van der Waals surface area contributed by atoms with Gasteiger partial charge in [-0.2, -0.15) is 13.2 Å². The number of carbonyl (C=O) groups excluding carboxylic acids is 1. The van der Waals surface area contributed by atoms with Crippen molar-refractivity contribution in [3.8, 4) is 0 Å². The van der Waals surface area contributed by atoms with Crippen LogP contribution in [0.1, 0.15) is 27.7 Å². The van der Waals surface area contributed by atoms with E-state index in [9.17, 15) is 22.5 Å². The molecule has 0 bridgehead atoms. The van der Waals surface area contributed by atoms with Crippen LogP contribution in [0.2, 0.25) is 5.02 Å². The van der Waals surface area contributed by atoms with Gasteiger partial charge in [-0.15, -0.1) is 0 Å². The highest BCUT2D eigenvalue weighted by Gasteiger charge is 2.75. The second-order valence-corrected chi connectivity index (χ2v) is 11.5. The average Bonchev–Trinajstić information content (AvgIpc) is 3.08. The zero-order chi connectivity index (χ0) is 24.3. The molecule has 0 fully saturated rings. The van der Waals surface area contributed by atoms with E-state index in [1.807, 2.05) is 5.32 Å². The van der Waals surface area contributed by atoms with E-state index in [0.29, 0.717) is 15.2 Å². The van der Waals surface area contributed by atoms with E-state index in [0.717, 1.165) is 18.4 Å². The minimum atomic E-state index is -5.43. The number of thiazole rings is 1. The molecule has 32 heavy (non-hydrogen) atoms. The predicted molar refractivity (Wildman–Crippen MR) is 118 cm³/mol. The van der Waals surface area contributed by atoms with Gasteiger partial charge in [-0.25, -0.2) is 9.78 Å². The largest absolute Gasteiger partial charge is 0.467 e. The zero-order valence-electron chi connectivity index (χ0n) is 18.2. The molecule has 2 rings (SSSR count). The molecule has 0 spiro atoms. The van der Waals surface area contributed by atoms with Gasteiger partial charge in [0, 0.05) is 5.02 Å². The first kappa shape index (κ1) is 26.9. The van der Waals surface area contributed by atoms with E-state index in [2.05, 4.69) is 9.72 Å². The molecule has 1 atom stereocenters. The lowest BCUT2D eigenvalue weighted by Gasteiger charge is -2.38. The molecule has 1 aromatic heterocycles. The van der Waals surface area contributed by atoms with Gasteiger partial charge in [0.05, 0.1) is 30.5 Å². The number of alkyl halides is 3. The summed E-state index contributed by atoms with van der Waals surface area (Å²) in [5, 5.41) is -1.78. The third kappa shape index (κ3) is 5.56. The molecule has 0 aliphatic heterocycles. The van der Waals surface area contributed by atoms with Crippen LogP contribution in [0.25, 0.3) is 10.2 Å². The number of nitrogens with one attached hydrogen (secondary N) is 1. The van der Waals surface area contributed by atoms with Crippen molar-refractivity contribution in [3.63, 3.8) is 0 Å². The third-order valence-electron chi connectivity index (χ3n) is 4.10. The highest BCUT2D eigenvalue weighted by Crippen LogP contribution is 2.66. The molecule has 13 heteroatoms. The van der Waals surface area contributed by atoms with Crippen LogP contribution in [-0.2, 0) is 23.1 Å². The van der Waals surface area contributed by atoms with Crippen LogP contribution in [-0.4, -0.2) is 42.7 Å². The normalized spacial score (nSPS) is 14.7. The summed E-state index contributed by atoms with van der Waals surface area (Å²) in [4.78, 5) is 16.8. The molecular weight excluding hydrogens is 492 g/mol. The smallest absolute Gasteiger partial charge is 0.434 e. The van der Waals surface area contributed by atoms with Gasteiger partial charge in [-0.05, 0) is 30.0 Å². The lowest BCUT2D eigenvalue weighted by molar-refractivity contribution is -0.186. The second-order valence-electron chi connectivity index (χ2n) is 7.83. The standard InChI is InChI=1S/C19H25ClF3N2O5PS/c1-11(2)9-29-31(27,30-10-12(3)4)18(16(26)28-5,19(21,22)23)25-17-24-14-7-6-13(20)8-15(14)32-17/h6-8,11-12H,9-10H2,1-5H3,(H,24,25)/t18-/m0/s1. The van der Waals surface area contributed by atoms with E-state index >= 15 is 0 Å². The Labute approximate surface area is 193 Å². The van der Waals surface area contributed by atoms with Crippen LogP contribution >= 0.6 is 30.5 Å². The van der Waals surface area contributed by atoms with Crippen LogP contribution < -0.4 is 5.32 Å². The molecule has 2 aromatic rings. The fourth-order valence-corrected chi connectivity index (χ4v) is 6.14. The molecule has 0 saturated heterocycles. The maximum absolute atomic E-state index is 14.6. The van der Waals surface area contributed by atoms with Crippen molar-refractivity contribution in [2.45, 2.75) is 39.2 Å². The first-order valence-corrected chi connectivity index (χ1v) is 12.4. The van der Waals surface area contributed by atoms with Crippen molar-refractivity contribution < 1.29 is 36.3 Å². The Hall–Kier alpha value is -1.39. The Morgan fingerprint density at radius 2 is 1.75 bits per heavy atom. The third-order valence-corrected chi connectivity index (χ3v) is 7.61.